The summed E-state index contributed by atoms with van der Waals surface area (Å²) in [7, 11) is 0. The van der Waals surface area contributed by atoms with Crippen LogP contribution in [0.5, 0.6) is 0 Å². The van der Waals surface area contributed by atoms with Gasteiger partial charge >= 0.3 is 0 Å². The van der Waals surface area contributed by atoms with Crippen molar-refractivity contribution >= 4 is 15.9 Å². The lowest BCUT2D eigenvalue weighted by Crippen LogP contribution is -1.96. The highest BCUT2D eigenvalue weighted by molar-refractivity contribution is 9.10. The molecule has 4 rings (SSSR count). The van der Waals surface area contributed by atoms with E-state index >= 15 is 0 Å². The number of nitrogens with zero attached hydrogens (tertiary/aromatic N) is 2. The van der Waals surface area contributed by atoms with Crippen molar-refractivity contribution in [3.05, 3.63) is 95.2 Å². The van der Waals surface area contributed by atoms with Crippen LogP contribution in [0.1, 0.15) is 0 Å². The molecule has 0 N–H and O–H groups in total. The summed E-state index contributed by atoms with van der Waals surface area (Å²) in [6.45, 7) is 0. The number of hydrogen-bond donors (Lipinski definition) is 0. The molecule has 26 heavy (non-hydrogen) atoms. The number of aromatic nitrogens is 2. The maximum absolute atomic E-state index is 13.6. The lowest BCUT2D eigenvalue weighted by atomic mass is 10.1. The summed E-state index contributed by atoms with van der Waals surface area (Å²) in [5.74, 6) is 0.252. The van der Waals surface area contributed by atoms with Crippen LogP contribution in [0, 0.1) is 5.82 Å². The highest BCUT2D eigenvalue weighted by Gasteiger charge is 2.11. The first-order chi connectivity index (χ1) is 12.7. The number of rotatable bonds is 3. The van der Waals surface area contributed by atoms with E-state index in [9.17, 15) is 4.39 Å². The van der Waals surface area contributed by atoms with Crippen LogP contribution in [0.25, 0.3) is 33.9 Å². The van der Waals surface area contributed by atoms with Crippen molar-refractivity contribution < 1.29 is 4.39 Å². The van der Waals surface area contributed by atoms with Crippen molar-refractivity contribution in [3.8, 4) is 33.9 Å². The summed E-state index contributed by atoms with van der Waals surface area (Å²) in [5.41, 5.74) is 4.43. The van der Waals surface area contributed by atoms with Crippen molar-refractivity contribution in [1.29, 1.82) is 0 Å². The molecule has 0 radical (unpaired) electrons. The van der Waals surface area contributed by atoms with Gasteiger partial charge in [0.2, 0.25) is 0 Å². The SMILES string of the molecule is Fc1ccc(-c2nc(-c3ccccc3)cc(-c3ccccc3)n2)cc1Br. The monoisotopic (exact) mass is 404 g/mol. The molecule has 0 bridgehead atoms. The smallest absolute Gasteiger partial charge is 0.160 e. The van der Waals surface area contributed by atoms with Crippen LogP contribution in [0.3, 0.4) is 0 Å². The van der Waals surface area contributed by atoms with E-state index in [1.54, 1.807) is 12.1 Å². The summed E-state index contributed by atoms with van der Waals surface area (Å²) in [6, 6.07) is 26.7. The highest BCUT2D eigenvalue weighted by Crippen LogP contribution is 2.29. The molecule has 0 aliphatic rings. The first-order valence-corrected chi connectivity index (χ1v) is 8.95. The molecule has 1 aromatic heterocycles. The van der Waals surface area contributed by atoms with E-state index in [2.05, 4.69) is 15.9 Å². The largest absolute Gasteiger partial charge is 0.228 e. The maximum Gasteiger partial charge on any atom is 0.160 e. The quantitative estimate of drug-likeness (QED) is 0.395. The molecule has 0 atom stereocenters. The van der Waals surface area contributed by atoms with Crippen LogP contribution in [0.15, 0.2) is 89.4 Å². The molecule has 0 unspecified atom stereocenters. The first kappa shape index (κ1) is 16.6. The molecular formula is C22H14BrFN2. The van der Waals surface area contributed by atoms with Crippen molar-refractivity contribution in [3.63, 3.8) is 0 Å². The van der Waals surface area contributed by atoms with Gasteiger partial charge in [0.15, 0.2) is 5.82 Å². The van der Waals surface area contributed by atoms with E-state index < -0.39 is 0 Å². The molecule has 0 saturated heterocycles. The Morgan fingerprint density at radius 2 is 1.15 bits per heavy atom. The Balaban J connectivity index is 1.92. The van der Waals surface area contributed by atoms with E-state index in [1.165, 1.54) is 6.07 Å². The topological polar surface area (TPSA) is 25.8 Å². The van der Waals surface area contributed by atoms with Gasteiger partial charge < -0.3 is 0 Å². The van der Waals surface area contributed by atoms with Crippen molar-refractivity contribution in [2.45, 2.75) is 0 Å². The molecule has 4 aromatic rings. The van der Waals surface area contributed by atoms with Crippen LogP contribution in [-0.4, -0.2) is 9.97 Å². The lowest BCUT2D eigenvalue weighted by Gasteiger charge is -2.09. The summed E-state index contributed by atoms with van der Waals surface area (Å²) in [4.78, 5) is 9.43. The molecule has 0 saturated carbocycles. The molecule has 126 valence electrons. The van der Waals surface area contributed by atoms with Crippen molar-refractivity contribution in [2.75, 3.05) is 0 Å². The Labute approximate surface area is 159 Å². The molecule has 0 spiro atoms. The second-order valence-corrected chi connectivity index (χ2v) is 6.68. The second-order valence-electron chi connectivity index (χ2n) is 5.82. The molecule has 3 aromatic carbocycles. The molecule has 1 heterocycles. The average Bonchev–Trinajstić information content (AvgIpc) is 2.71. The van der Waals surface area contributed by atoms with Gasteiger partial charge in [-0.1, -0.05) is 60.7 Å². The molecule has 2 nitrogen and oxygen atoms in total. The lowest BCUT2D eigenvalue weighted by molar-refractivity contribution is 0.621. The predicted molar refractivity (Wildman–Crippen MR) is 106 cm³/mol. The minimum atomic E-state index is -0.309. The molecular weight excluding hydrogens is 391 g/mol. The van der Waals surface area contributed by atoms with Crippen LogP contribution >= 0.6 is 15.9 Å². The van der Waals surface area contributed by atoms with Gasteiger partial charge in [-0.25, -0.2) is 14.4 Å². The third-order valence-corrected chi connectivity index (χ3v) is 4.65. The van der Waals surface area contributed by atoms with Gasteiger partial charge in [-0.2, -0.15) is 0 Å². The van der Waals surface area contributed by atoms with E-state index in [0.717, 1.165) is 28.1 Å². The van der Waals surface area contributed by atoms with Gasteiger partial charge in [-0.05, 0) is 40.2 Å². The predicted octanol–water partition coefficient (Wildman–Crippen LogP) is 6.38. The van der Waals surface area contributed by atoms with Crippen LogP contribution in [0.4, 0.5) is 4.39 Å². The fraction of sp³-hybridized carbons (Fsp3) is 0. The summed E-state index contributed by atoms with van der Waals surface area (Å²) >= 11 is 3.24. The fourth-order valence-corrected chi connectivity index (χ4v) is 3.10. The molecule has 0 fully saturated rings. The van der Waals surface area contributed by atoms with E-state index in [-0.39, 0.29) is 5.82 Å². The summed E-state index contributed by atoms with van der Waals surface area (Å²) in [5, 5.41) is 0. The molecule has 0 aliphatic heterocycles. The van der Waals surface area contributed by atoms with Gasteiger partial charge in [0.05, 0.1) is 15.9 Å². The Morgan fingerprint density at radius 1 is 0.615 bits per heavy atom. The van der Waals surface area contributed by atoms with Gasteiger partial charge in [0, 0.05) is 16.7 Å². The van der Waals surface area contributed by atoms with E-state index in [4.69, 9.17) is 9.97 Å². The van der Waals surface area contributed by atoms with E-state index in [1.807, 2.05) is 66.7 Å². The zero-order valence-corrected chi connectivity index (χ0v) is 15.3. The minimum Gasteiger partial charge on any atom is -0.228 e. The second kappa shape index (κ2) is 7.18. The third kappa shape index (κ3) is 3.41. The molecule has 0 amide bonds. The van der Waals surface area contributed by atoms with Crippen molar-refractivity contribution in [1.82, 2.24) is 9.97 Å². The van der Waals surface area contributed by atoms with Gasteiger partial charge in [0.1, 0.15) is 5.82 Å². The number of benzene rings is 3. The molecule has 4 heteroatoms. The van der Waals surface area contributed by atoms with Crippen LogP contribution in [-0.2, 0) is 0 Å². The van der Waals surface area contributed by atoms with Crippen LogP contribution in [0.2, 0.25) is 0 Å². The van der Waals surface area contributed by atoms with Gasteiger partial charge in [-0.15, -0.1) is 0 Å². The third-order valence-electron chi connectivity index (χ3n) is 4.04. The van der Waals surface area contributed by atoms with Crippen molar-refractivity contribution in [2.24, 2.45) is 0 Å². The zero-order chi connectivity index (χ0) is 17.9. The molecule has 0 aliphatic carbocycles. The minimum absolute atomic E-state index is 0.309. The number of hydrogen-bond acceptors (Lipinski definition) is 2. The highest BCUT2D eigenvalue weighted by atomic mass is 79.9. The summed E-state index contributed by atoms with van der Waals surface area (Å²) in [6.07, 6.45) is 0. The summed E-state index contributed by atoms with van der Waals surface area (Å²) < 4.78 is 14.0. The zero-order valence-electron chi connectivity index (χ0n) is 13.7. The fourth-order valence-electron chi connectivity index (χ4n) is 2.73. The van der Waals surface area contributed by atoms with E-state index in [0.29, 0.717) is 10.3 Å². The Morgan fingerprint density at radius 3 is 1.65 bits per heavy atom. The van der Waals surface area contributed by atoms with Crippen LogP contribution < -0.4 is 0 Å². The Kier molecular flexibility index (Phi) is 4.59. The number of halogens is 2. The maximum atomic E-state index is 13.6. The van der Waals surface area contributed by atoms with Gasteiger partial charge in [0.25, 0.3) is 0 Å². The Hall–Kier alpha value is -2.85. The normalized spacial score (nSPS) is 10.7. The van der Waals surface area contributed by atoms with Gasteiger partial charge in [-0.3, -0.25) is 0 Å². The first-order valence-electron chi connectivity index (χ1n) is 8.16. The Bertz CT molecular complexity index is 992. The standard InChI is InChI=1S/C22H14BrFN2/c23-18-13-17(11-12-19(18)24)22-25-20(15-7-3-1-4-8-15)14-21(26-22)16-9-5-2-6-10-16/h1-14H. The average molecular weight is 405 g/mol.